The first-order chi connectivity index (χ1) is 11.7. The fourth-order valence-corrected chi connectivity index (χ4v) is 3.54. The third kappa shape index (κ3) is 4.76. The van der Waals surface area contributed by atoms with Crippen LogP contribution in [0.1, 0.15) is 15.9 Å². The Hall–Kier alpha value is -2.00. The van der Waals surface area contributed by atoms with E-state index in [-0.39, 0.29) is 34.3 Å². The quantitative estimate of drug-likeness (QED) is 0.709. The lowest BCUT2D eigenvalue weighted by molar-refractivity contribution is 0.102. The third-order valence-electron chi connectivity index (χ3n) is 3.32. The van der Waals surface area contributed by atoms with Crippen molar-refractivity contribution in [3.8, 4) is 0 Å². The van der Waals surface area contributed by atoms with Crippen molar-refractivity contribution in [1.82, 2.24) is 4.72 Å². The normalized spacial score (nSPS) is 11.4. The molecule has 2 aromatic rings. The van der Waals surface area contributed by atoms with Crippen molar-refractivity contribution in [2.24, 2.45) is 0 Å². The second-order valence-electron chi connectivity index (χ2n) is 5.18. The van der Waals surface area contributed by atoms with E-state index < -0.39 is 21.7 Å². The number of halogens is 2. The summed E-state index contributed by atoms with van der Waals surface area (Å²) in [6.07, 6.45) is 0. The van der Waals surface area contributed by atoms with Crippen LogP contribution >= 0.6 is 11.6 Å². The van der Waals surface area contributed by atoms with Crippen molar-refractivity contribution in [1.29, 1.82) is 0 Å². The number of anilines is 1. The highest BCUT2D eigenvalue weighted by molar-refractivity contribution is 7.89. The number of hydrogen-bond acceptors (Lipinski definition) is 4. The predicted octanol–water partition coefficient (Wildman–Crippen LogP) is 2.31. The molecular weight excluding hydrogens is 371 g/mol. The Labute approximate surface area is 149 Å². The number of carbonyl (C=O) groups excluding carboxylic acids is 1. The summed E-state index contributed by atoms with van der Waals surface area (Å²) in [5.74, 6) is -1.18. The number of nitrogens with one attached hydrogen (secondary N) is 2. The Bertz CT molecular complexity index is 903. The maximum atomic E-state index is 13.2. The number of aryl methyl sites for hydroxylation is 1. The maximum absolute atomic E-state index is 13.2. The predicted molar refractivity (Wildman–Crippen MR) is 92.8 cm³/mol. The van der Waals surface area contributed by atoms with Crippen LogP contribution in [0.3, 0.4) is 0 Å². The number of rotatable bonds is 6. The van der Waals surface area contributed by atoms with Gasteiger partial charge in [0.25, 0.3) is 5.91 Å². The van der Waals surface area contributed by atoms with E-state index in [4.69, 9.17) is 16.7 Å². The molecule has 0 radical (unpaired) electrons. The van der Waals surface area contributed by atoms with Gasteiger partial charge in [-0.2, -0.15) is 0 Å². The number of aliphatic hydroxyl groups excluding tert-OH is 1. The number of aliphatic hydroxyl groups is 1. The Morgan fingerprint density at radius 3 is 2.60 bits per heavy atom. The minimum Gasteiger partial charge on any atom is -0.395 e. The number of benzene rings is 2. The molecule has 0 saturated heterocycles. The van der Waals surface area contributed by atoms with Gasteiger partial charge in [-0.25, -0.2) is 17.5 Å². The van der Waals surface area contributed by atoms with Crippen LogP contribution in [-0.4, -0.2) is 32.6 Å². The summed E-state index contributed by atoms with van der Waals surface area (Å²) in [7, 11) is -3.86. The van der Waals surface area contributed by atoms with E-state index >= 15 is 0 Å². The summed E-state index contributed by atoms with van der Waals surface area (Å²) < 4.78 is 39.8. The first kappa shape index (κ1) is 19.3. The molecule has 0 bridgehead atoms. The molecule has 0 aliphatic heterocycles. The van der Waals surface area contributed by atoms with Gasteiger partial charge in [0.1, 0.15) is 5.82 Å². The molecule has 1 amide bonds. The number of hydrogen-bond donors (Lipinski definition) is 3. The molecule has 25 heavy (non-hydrogen) atoms. The van der Waals surface area contributed by atoms with Gasteiger partial charge < -0.3 is 10.4 Å². The van der Waals surface area contributed by atoms with Gasteiger partial charge in [0.05, 0.1) is 16.5 Å². The van der Waals surface area contributed by atoms with E-state index in [2.05, 4.69) is 10.0 Å². The highest BCUT2D eigenvalue weighted by atomic mass is 35.5. The smallest absolute Gasteiger partial charge is 0.255 e. The number of sulfonamides is 1. The van der Waals surface area contributed by atoms with Crippen LogP contribution in [0.2, 0.25) is 5.02 Å². The lowest BCUT2D eigenvalue weighted by Gasteiger charge is -2.11. The zero-order valence-electron chi connectivity index (χ0n) is 13.2. The van der Waals surface area contributed by atoms with Gasteiger partial charge in [0.2, 0.25) is 10.0 Å². The molecule has 6 nitrogen and oxygen atoms in total. The zero-order valence-corrected chi connectivity index (χ0v) is 14.8. The van der Waals surface area contributed by atoms with Gasteiger partial charge in [0.15, 0.2) is 0 Å². The summed E-state index contributed by atoms with van der Waals surface area (Å²) >= 11 is 5.66. The molecule has 0 spiro atoms. The Morgan fingerprint density at radius 1 is 1.24 bits per heavy atom. The molecule has 0 unspecified atom stereocenters. The van der Waals surface area contributed by atoms with Crippen LogP contribution < -0.4 is 10.0 Å². The van der Waals surface area contributed by atoms with Crippen molar-refractivity contribution < 1.29 is 22.7 Å². The van der Waals surface area contributed by atoms with Gasteiger partial charge in [-0.1, -0.05) is 17.7 Å². The molecule has 3 N–H and O–H groups in total. The van der Waals surface area contributed by atoms with E-state index in [1.807, 2.05) is 0 Å². The van der Waals surface area contributed by atoms with Crippen molar-refractivity contribution >= 4 is 33.2 Å². The van der Waals surface area contributed by atoms with Gasteiger partial charge in [0, 0.05) is 17.8 Å². The summed E-state index contributed by atoms with van der Waals surface area (Å²) in [6, 6.07) is 7.91. The molecule has 0 aliphatic carbocycles. The zero-order chi connectivity index (χ0) is 18.6. The van der Waals surface area contributed by atoms with Crippen molar-refractivity contribution in [2.45, 2.75) is 11.8 Å². The molecule has 0 heterocycles. The summed E-state index contributed by atoms with van der Waals surface area (Å²) in [6.45, 7) is 1.12. The molecule has 134 valence electrons. The van der Waals surface area contributed by atoms with E-state index in [1.54, 1.807) is 6.92 Å². The second-order valence-corrected chi connectivity index (χ2v) is 7.33. The molecule has 9 heteroatoms. The molecule has 0 fully saturated rings. The summed E-state index contributed by atoms with van der Waals surface area (Å²) in [5.41, 5.74) is 0.835. The van der Waals surface area contributed by atoms with E-state index in [1.165, 1.54) is 30.3 Å². The fraction of sp³-hybridized carbons (Fsp3) is 0.188. The lowest BCUT2D eigenvalue weighted by atomic mass is 10.1. The van der Waals surface area contributed by atoms with Crippen molar-refractivity contribution in [2.75, 3.05) is 18.5 Å². The average molecular weight is 387 g/mol. The third-order valence-corrected chi connectivity index (χ3v) is 5.21. The SMILES string of the molecule is Cc1ccc(C(=O)Nc2ccc(F)c(Cl)c2)cc1S(=O)(=O)NCCO. The number of carbonyl (C=O) groups is 1. The van der Waals surface area contributed by atoms with Crippen LogP contribution in [0.15, 0.2) is 41.3 Å². The highest BCUT2D eigenvalue weighted by Gasteiger charge is 2.19. The number of amides is 1. The second kappa shape index (κ2) is 7.92. The molecule has 0 saturated carbocycles. The van der Waals surface area contributed by atoms with Crippen LogP contribution in [0.5, 0.6) is 0 Å². The fourth-order valence-electron chi connectivity index (χ4n) is 2.07. The largest absolute Gasteiger partial charge is 0.395 e. The van der Waals surface area contributed by atoms with Gasteiger partial charge in [-0.3, -0.25) is 4.79 Å². The van der Waals surface area contributed by atoms with Gasteiger partial charge >= 0.3 is 0 Å². The Kier molecular flexibility index (Phi) is 6.12. The van der Waals surface area contributed by atoms with Crippen LogP contribution in [-0.2, 0) is 10.0 Å². The van der Waals surface area contributed by atoms with E-state index in [0.717, 1.165) is 6.07 Å². The average Bonchev–Trinajstić information content (AvgIpc) is 2.56. The first-order valence-electron chi connectivity index (χ1n) is 7.22. The van der Waals surface area contributed by atoms with Gasteiger partial charge in [-0.05, 0) is 42.8 Å². The topological polar surface area (TPSA) is 95.5 Å². The first-order valence-corrected chi connectivity index (χ1v) is 9.08. The highest BCUT2D eigenvalue weighted by Crippen LogP contribution is 2.21. The minimum absolute atomic E-state index is 0.0641. The lowest BCUT2D eigenvalue weighted by Crippen LogP contribution is -2.27. The molecule has 2 aromatic carbocycles. The standard InChI is InChI=1S/C16H16ClFN2O4S/c1-10-2-3-11(8-15(10)25(23,24)19-6-7-21)16(22)20-12-4-5-14(18)13(17)9-12/h2-5,8-9,19,21H,6-7H2,1H3,(H,20,22). The maximum Gasteiger partial charge on any atom is 0.255 e. The summed E-state index contributed by atoms with van der Waals surface area (Å²) in [5, 5.41) is 11.1. The molecule has 2 rings (SSSR count). The van der Waals surface area contributed by atoms with Crippen molar-refractivity contribution in [3.63, 3.8) is 0 Å². The molecule has 0 aromatic heterocycles. The van der Waals surface area contributed by atoms with Crippen LogP contribution in [0.4, 0.5) is 10.1 Å². The van der Waals surface area contributed by atoms with Crippen molar-refractivity contribution in [3.05, 3.63) is 58.4 Å². The van der Waals surface area contributed by atoms with E-state index in [0.29, 0.717) is 5.56 Å². The Morgan fingerprint density at radius 2 is 1.96 bits per heavy atom. The molecule has 0 atom stereocenters. The van der Waals surface area contributed by atoms with E-state index in [9.17, 15) is 17.6 Å². The Balaban J connectivity index is 2.29. The van der Waals surface area contributed by atoms with Crippen LogP contribution in [0, 0.1) is 12.7 Å². The van der Waals surface area contributed by atoms with Gasteiger partial charge in [-0.15, -0.1) is 0 Å². The minimum atomic E-state index is -3.86. The summed E-state index contributed by atoms with van der Waals surface area (Å²) in [4.78, 5) is 12.2. The molecular formula is C16H16ClFN2O4S. The molecule has 0 aliphatic rings. The monoisotopic (exact) mass is 386 g/mol. The van der Waals surface area contributed by atoms with Crippen LogP contribution in [0.25, 0.3) is 0 Å².